The quantitative estimate of drug-likeness (QED) is 0.752. The third kappa shape index (κ3) is 1.49. The number of hydrogen-bond acceptors (Lipinski definition) is 2. The topological polar surface area (TPSA) is 34.1 Å². The summed E-state index contributed by atoms with van der Waals surface area (Å²) in [5.41, 5.74) is 1.03. The first-order chi connectivity index (χ1) is 8.10. The Balaban J connectivity index is 2.12. The highest BCUT2D eigenvalue weighted by molar-refractivity contribution is 7.95. The second-order valence-electron chi connectivity index (χ2n) is 4.70. The summed E-state index contributed by atoms with van der Waals surface area (Å²) < 4.78 is 25.1. The van der Waals surface area contributed by atoms with Crippen LogP contribution in [-0.2, 0) is 9.84 Å². The molecule has 0 N–H and O–H groups in total. The Bertz CT molecular complexity index is 609. The fourth-order valence-electron chi connectivity index (χ4n) is 2.83. The summed E-state index contributed by atoms with van der Waals surface area (Å²) in [6.07, 6.45) is 5.10. The summed E-state index contributed by atoms with van der Waals surface area (Å²) in [4.78, 5) is 1.05. The van der Waals surface area contributed by atoms with Gasteiger partial charge < -0.3 is 0 Å². The molecule has 0 spiro atoms. The van der Waals surface area contributed by atoms with Crippen molar-refractivity contribution in [3.63, 3.8) is 0 Å². The van der Waals surface area contributed by atoms with Gasteiger partial charge in [-0.15, -0.1) is 0 Å². The summed E-state index contributed by atoms with van der Waals surface area (Å²) in [5.74, 6) is 0.443. The van der Waals surface area contributed by atoms with Crippen molar-refractivity contribution in [3.8, 4) is 0 Å². The van der Waals surface area contributed by atoms with E-state index < -0.39 is 9.84 Å². The van der Waals surface area contributed by atoms with Gasteiger partial charge in [-0.2, -0.15) is 0 Å². The van der Waals surface area contributed by atoms with Crippen LogP contribution in [0.25, 0.3) is 0 Å². The summed E-state index contributed by atoms with van der Waals surface area (Å²) in [6.45, 7) is 1.95. The van der Waals surface area contributed by atoms with E-state index in [9.17, 15) is 8.42 Å². The number of allylic oxidation sites excluding steroid dienone is 4. The molecular formula is C14H14O2S. The largest absolute Gasteiger partial charge is 0.219 e. The molecule has 2 aliphatic rings. The van der Waals surface area contributed by atoms with E-state index in [1.165, 1.54) is 0 Å². The van der Waals surface area contributed by atoms with Crippen LogP contribution in [0.4, 0.5) is 0 Å². The Morgan fingerprint density at radius 2 is 1.71 bits per heavy atom. The van der Waals surface area contributed by atoms with Crippen molar-refractivity contribution >= 4 is 9.84 Å². The molecule has 1 aromatic rings. The number of hydrogen-bond donors (Lipinski definition) is 0. The van der Waals surface area contributed by atoms with Gasteiger partial charge >= 0.3 is 0 Å². The molecule has 2 atom stereocenters. The first-order valence-corrected chi connectivity index (χ1v) is 7.28. The van der Waals surface area contributed by atoms with Crippen molar-refractivity contribution in [3.05, 3.63) is 53.0 Å². The molecule has 0 heterocycles. The molecule has 3 heteroatoms. The van der Waals surface area contributed by atoms with Crippen molar-refractivity contribution in [2.24, 2.45) is 11.8 Å². The van der Waals surface area contributed by atoms with Crippen LogP contribution in [-0.4, -0.2) is 8.42 Å². The van der Waals surface area contributed by atoms with Crippen LogP contribution in [0.2, 0.25) is 0 Å². The van der Waals surface area contributed by atoms with Gasteiger partial charge in [-0.25, -0.2) is 8.42 Å². The monoisotopic (exact) mass is 246 g/mol. The fraction of sp³-hybridized carbons (Fsp3) is 0.286. The van der Waals surface area contributed by atoms with Crippen molar-refractivity contribution in [2.45, 2.75) is 18.2 Å². The third-order valence-corrected chi connectivity index (χ3v) is 5.80. The predicted octanol–water partition coefficient (Wildman–Crippen LogP) is 2.94. The Morgan fingerprint density at radius 3 is 2.29 bits per heavy atom. The smallest absolute Gasteiger partial charge is 0.203 e. The van der Waals surface area contributed by atoms with E-state index in [0.717, 1.165) is 12.0 Å². The summed E-state index contributed by atoms with van der Waals surface area (Å²) in [6, 6.07) is 8.72. The van der Waals surface area contributed by atoms with Gasteiger partial charge in [0.05, 0.1) is 9.80 Å². The highest BCUT2D eigenvalue weighted by Crippen LogP contribution is 2.47. The fourth-order valence-corrected chi connectivity index (χ4v) is 4.75. The highest BCUT2D eigenvalue weighted by Gasteiger charge is 2.39. The Kier molecular flexibility index (Phi) is 2.26. The van der Waals surface area contributed by atoms with Crippen molar-refractivity contribution in [1.29, 1.82) is 0 Å². The molecule has 1 aromatic carbocycles. The van der Waals surface area contributed by atoms with Crippen LogP contribution in [0.5, 0.6) is 0 Å². The maximum Gasteiger partial charge on any atom is 0.203 e. The van der Waals surface area contributed by atoms with Crippen LogP contribution in [0.3, 0.4) is 0 Å². The lowest BCUT2D eigenvalue weighted by Crippen LogP contribution is -2.11. The van der Waals surface area contributed by atoms with E-state index in [1.807, 2.05) is 19.1 Å². The molecule has 3 rings (SSSR count). The second-order valence-corrected chi connectivity index (χ2v) is 6.62. The lowest BCUT2D eigenvalue weighted by molar-refractivity contribution is 0.596. The number of benzene rings is 1. The zero-order valence-corrected chi connectivity index (χ0v) is 10.4. The molecule has 2 nitrogen and oxygen atoms in total. The molecule has 0 saturated heterocycles. The molecule has 88 valence electrons. The van der Waals surface area contributed by atoms with E-state index >= 15 is 0 Å². The first-order valence-electron chi connectivity index (χ1n) is 5.80. The van der Waals surface area contributed by atoms with Gasteiger partial charge in [-0.05, 0) is 31.4 Å². The van der Waals surface area contributed by atoms with E-state index in [4.69, 9.17) is 0 Å². The minimum absolute atomic E-state index is 0.102. The van der Waals surface area contributed by atoms with Gasteiger partial charge in [0.2, 0.25) is 9.84 Å². The van der Waals surface area contributed by atoms with Crippen LogP contribution in [0.1, 0.15) is 13.3 Å². The van der Waals surface area contributed by atoms with E-state index in [1.54, 1.807) is 24.3 Å². The maximum absolute atomic E-state index is 12.5. The average Bonchev–Trinajstić information content (AvgIpc) is 2.90. The van der Waals surface area contributed by atoms with E-state index in [2.05, 4.69) is 6.08 Å². The van der Waals surface area contributed by atoms with Crippen LogP contribution < -0.4 is 0 Å². The molecule has 0 aliphatic heterocycles. The number of sulfone groups is 1. The summed E-state index contributed by atoms with van der Waals surface area (Å²) >= 11 is 0. The molecule has 2 aliphatic carbocycles. The van der Waals surface area contributed by atoms with E-state index in [-0.39, 0.29) is 5.92 Å². The van der Waals surface area contributed by atoms with Crippen LogP contribution >= 0.6 is 0 Å². The Labute approximate surface area is 102 Å². The molecule has 0 aromatic heterocycles. The third-order valence-electron chi connectivity index (χ3n) is 3.71. The van der Waals surface area contributed by atoms with Gasteiger partial charge in [0.15, 0.2) is 0 Å². The standard InChI is InChI=1S/C14H14O2S/c1-10-11-7-8-12(9-11)14(10)17(15,16)13-5-3-2-4-6-13/h2-8,11-12H,9H2,1H3. The second kappa shape index (κ2) is 3.57. The van der Waals surface area contributed by atoms with Crippen molar-refractivity contribution in [2.75, 3.05) is 0 Å². The molecular weight excluding hydrogens is 232 g/mol. The van der Waals surface area contributed by atoms with Gasteiger partial charge in [-0.3, -0.25) is 0 Å². The predicted molar refractivity (Wildman–Crippen MR) is 67.1 cm³/mol. The Hall–Kier alpha value is -1.35. The van der Waals surface area contributed by atoms with E-state index in [0.29, 0.717) is 15.7 Å². The minimum Gasteiger partial charge on any atom is -0.219 e. The average molecular weight is 246 g/mol. The molecule has 2 bridgehead atoms. The summed E-state index contributed by atoms with van der Waals surface area (Å²) in [5, 5.41) is 0. The lowest BCUT2D eigenvalue weighted by atomic mass is 10.1. The SMILES string of the molecule is CC1=C(S(=O)(=O)c2ccccc2)C2C=CC1C2. The zero-order valence-electron chi connectivity index (χ0n) is 9.63. The van der Waals surface area contributed by atoms with Crippen LogP contribution in [0, 0.1) is 11.8 Å². The molecule has 0 radical (unpaired) electrons. The molecule has 2 unspecified atom stereocenters. The van der Waals surface area contributed by atoms with Gasteiger partial charge in [0.1, 0.15) is 0 Å². The highest BCUT2D eigenvalue weighted by atomic mass is 32.2. The number of rotatable bonds is 2. The van der Waals surface area contributed by atoms with Gasteiger partial charge in [-0.1, -0.05) is 35.9 Å². The molecule has 0 saturated carbocycles. The Morgan fingerprint density at radius 1 is 1.06 bits per heavy atom. The lowest BCUT2D eigenvalue weighted by Gasteiger charge is -2.14. The molecule has 17 heavy (non-hydrogen) atoms. The van der Waals surface area contributed by atoms with Crippen LogP contribution in [0.15, 0.2) is 57.9 Å². The first kappa shape index (κ1) is 10.8. The van der Waals surface area contributed by atoms with Crippen molar-refractivity contribution in [1.82, 2.24) is 0 Å². The maximum atomic E-state index is 12.5. The normalized spacial score (nSPS) is 26.9. The molecule has 0 fully saturated rings. The zero-order chi connectivity index (χ0) is 12.0. The van der Waals surface area contributed by atoms with Gasteiger partial charge in [0.25, 0.3) is 0 Å². The molecule has 0 amide bonds. The van der Waals surface area contributed by atoms with Gasteiger partial charge in [0, 0.05) is 5.92 Å². The minimum atomic E-state index is -3.29. The summed E-state index contributed by atoms with van der Waals surface area (Å²) in [7, 11) is -3.29. The van der Waals surface area contributed by atoms with Crippen molar-refractivity contribution < 1.29 is 8.42 Å². The number of fused-ring (bicyclic) bond motifs is 2.